The zero-order chi connectivity index (χ0) is 19.9. The van der Waals surface area contributed by atoms with Gasteiger partial charge < -0.3 is 20.3 Å². The number of ether oxygens (including phenoxy) is 1. The Bertz CT molecular complexity index is 815. The molecule has 0 aliphatic carbocycles. The van der Waals surface area contributed by atoms with Gasteiger partial charge in [-0.3, -0.25) is 4.79 Å². The Balaban J connectivity index is 1.52. The van der Waals surface area contributed by atoms with E-state index in [2.05, 4.69) is 15.6 Å². The van der Waals surface area contributed by atoms with E-state index in [1.54, 1.807) is 17.2 Å². The number of carbonyl (C=O) groups excluding carboxylic acids is 2. The molecule has 0 atom stereocenters. The summed E-state index contributed by atoms with van der Waals surface area (Å²) < 4.78 is 5.04. The number of carbonyl (C=O) groups is 2. The minimum Gasteiger partial charge on any atom is -0.450 e. The quantitative estimate of drug-likeness (QED) is 0.824. The fraction of sp³-hybridized carbons (Fsp3) is 0.381. The first kappa shape index (κ1) is 19.7. The summed E-state index contributed by atoms with van der Waals surface area (Å²) in [4.78, 5) is 30.1. The van der Waals surface area contributed by atoms with Crippen LogP contribution < -0.4 is 10.6 Å². The third-order valence-electron chi connectivity index (χ3n) is 4.78. The van der Waals surface area contributed by atoms with E-state index in [1.165, 1.54) is 0 Å². The number of benzene rings is 1. The number of piperidine rings is 1. The number of nitrogens with one attached hydrogen (secondary N) is 2. The maximum Gasteiger partial charge on any atom is 0.409 e. The van der Waals surface area contributed by atoms with Crippen LogP contribution >= 0.6 is 0 Å². The number of nitrogens with zero attached hydrogens (tertiary/aromatic N) is 2. The lowest BCUT2D eigenvalue weighted by molar-refractivity contribution is 0.0982. The van der Waals surface area contributed by atoms with Crippen molar-refractivity contribution in [3.8, 4) is 0 Å². The minimum atomic E-state index is -0.244. The highest BCUT2D eigenvalue weighted by Gasteiger charge is 2.23. The molecule has 1 fully saturated rings. The summed E-state index contributed by atoms with van der Waals surface area (Å²) in [6.07, 6.45) is 3.11. The van der Waals surface area contributed by atoms with Crippen LogP contribution in [0.2, 0.25) is 0 Å². The fourth-order valence-corrected chi connectivity index (χ4v) is 3.17. The Kier molecular flexibility index (Phi) is 6.47. The Hall–Kier alpha value is -3.09. The number of pyridine rings is 1. The number of rotatable bonds is 5. The van der Waals surface area contributed by atoms with Gasteiger partial charge in [-0.05, 0) is 50.5 Å². The van der Waals surface area contributed by atoms with Crippen LogP contribution in [0.4, 0.5) is 16.2 Å². The maximum atomic E-state index is 12.4. The van der Waals surface area contributed by atoms with Gasteiger partial charge in [-0.15, -0.1) is 0 Å². The van der Waals surface area contributed by atoms with Crippen LogP contribution in [0, 0.1) is 6.92 Å². The molecule has 2 aromatic rings. The van der Waals surface area contributed by atoms with E-state index in [9.17, 15) is 9.59 Å². The summed E-state index contributed by atoms with van der Waals surface area (Å²) in [6, 6.07) is 11.5. The summed E-state index contributed by atoms with van der Waals surface area (Å²) in [5.41, 5.74) is 3.01. The van der Waals surface area contributed by atoms with Crippen LogP contribution in [0.5, 0.6) is 0 Å². The molecule has 0 radical (unpaired) electrons. The molecule has 0 unspecified atom stereocenters. The number of para-hydroxylation sites is 1. The molecule has 28 heavy (non-hydrogen) atoms. The van der Waals surface area contributed by atoms with Gasteiger partial charge in [0, 0.05) is 24.8 Å². The lowest BCUT2D eigenvalue weighted by Crippen LogP contribution is -2.42. The molecule has 1 saturated heterocycles. The summed E-state index contributed by atoms with van der Waals surface area (Å²) >= 11 is 0. The van der Waals surface area contributed by atoms with Gasteiger partial charge in [-0.1, -0.05) is 18.2 Å². The van der Waals surface area contributed by atoms with Crippen LogP contribution in [0.15, 0.2) is 42.6 Å². The minimum absolute atomic E-state index is 0.233. The molecule has 3 rings (SSSR count). The third-order valence-corrected chi connectivity index (χ3v) is 4.78. The Labute approximate surface area is 165 Å². The molecule has 2 N–H and O–H groups in total. The number of aryl methyl sites for hydroxylation is 1. The molecule has 7 nitrogen and oxygen atoms in total. The highest BCUT2D eigenvalue weighted by molar-refractivity contribution is 6.03. The first-order chi connectivity index (χ1) is 13.6. The summed E-state index contributed by atoms with van der Waals surface area (Å²) in [5, 5.41) is 6.31. The molecule has 1 aromatic carbocycles. The van der Waals surface area contributed by atoms with Crippen LogP contribution in [0.25, 0.3) is 0 Å². The predicted molar refractivity (Wildman–Crippen MR) is 109 cm³/mol. The van der Waals surface area contributed by atoms with Gasteiger partial charge in [-0.25, -0.2) is 9.78 Å². The molecule has 0 bridgehead atoms. The molecule has 1 aliphatic heterocycles. The Morgan fingerprint density at radius 2 is 1.93 bits per heavy atom. The van der Waals surface area contributed by atoms with Gasteiger partial charge in [0.05, 0.1) is 18.5 Å². The second-order valence-corrected chi connectivity index (χ2v) is 6.81. The van der Waals surface area contributed by atoms with E-state index in [0.717, 1.165) is 29.8 Å². The first-order valence-electron chi connectivity index (χ1n) is 9.58. The number of hydrogen-bond acceptors (Lipinski definition) is 5. The van der Waals surface area contributed by atoms with E-state index in [-0.39, 0.29) is 18.0 Å². The number of amides is 2. The standard InChI is InChI=1S/C21H26N4O3/c1-3-28-21(27)25-12-10-16(11-13-25)23-17-8-9-19(22-14-17)20(26)24-18-7-5-4-6-15(18)2/h4-9,14,16,23H,3,10-13H2,1-2H3,(H,24,26). The van der Waals surface area contributed by atoms with Crippen molar-refractivity contribution in [3.63, 3.8) is 0 Å². The van der Waals surface area contributed by atoms with Crippen molar-refractivity contribution >= 4 is 23.4 Å². The van der Waals surface area contributed by atoms with E-state index >= 15 is 0 Å². The highest BCUT2D eigenvalue weighted by Crippen LogP contribution is 2.18. The van der Waals surface area contributed by atoms with Gasteiger partial charge in [0.1, 0.15) is 5.69 Å². The van der Waals surface area contributed by atoms with Crippen LogP contribution in [0.1, 0.15) is 35.8 Å². The van der Waals surface area contributed by atoms with Gasteiger partial charge in [-0.2, -0.15) is 0 Å². The fourth-order valence-electron chi connectivity index (χ4n) is 3.17. The summed E-state index contributed by atoms with van der Waals surface area (Å²) in [6.45, 7) is 5.49. The lowest BCUT2D eigenvalue weighted by Gasteiger charge is -2.32. The van der Waals surface area contributed by atoms with E-state index < -0.39 is 0 Å². The first-order valence-corrected chi connectivity index (χ1v) is 9.58. The van der Waals surface area contributed by atoms with Gasteiger partial charge in [0.25, 0.3) is 5.91 Å². The monoisotopic (exact) mass is 382 g/mol. The predicted octanol–water partition coefficient (Wildman–Crippen LogP) is 3.68. The van der Waals surface area contributed by atoms with Gasteiger partial charge >= 0.3 is 6.09 Å². The Morgan fingerprint density at radius 1 is 1.18 bits per heavy atom. The second-order valence-electron chi connectivity index (χ2n) is 6.81. The van der Waals surface area contributed by atoms with Crippen molar-refractivity contribution in [2.24, 2.45) is 0 Å². The average molecular weight is 382 g/mol. The molecule has 7 heteroatoms. The topological polar surface area (TPSA) is 83.6 Å². The zero-order valence-corrected chi connectivity index (χ0v) is 16.3. The third kappa shape index (κ3) is 5.00. The molecule has 148 valence electrons. The zero-order valence-electron chi connectivity index (χ0n) is 16.3. The van der Waals surface area contributed by atoms with E-state index in [1.807, 2.05) is 44.2 Å². The summed E-state index contributed by atoms with van der Waals surface area (Å²) in [7, 11) is 0. The van der Waals surface area contributed by atoms with Gasteiger partial charge in [0.2, 0.25) is 0 Å². The molecular formula is C21H26N4O3. The van der Waals surface area contributed by atoms with Crippen LogP contribution in [-0.4, -0.2) is 47.6 Å². The molecule has 0 spiro atoms. The molecule has 1 aromatic heterocycles. The normalized spacial score (nSPS) is 14.4. The number of hydrogen-bond donors (Lipinski definition) is 2. The second kappa shape index (κ2) is 9.21. The lowest BCUT2D eigenvalue weighted by atomic mass is 10.1. The molecule has 1 aliphatic rings. The van der Waals surface area contributed by atoms with Crippen molar-refractivity contribution < 1.29 is 14.3 Å². The Morgan fingerprint density at radius 3 is 2.57 bits per heavy atom. The molecule has 2 amide bonds. The molecular weight excluding hydrogens is 356 g/mol. The highest BCUT2D eigenvalue weighted by atomic mass is 16.6. The van der Waals surface area contributed by atoms with Crippen molar-refractivity contribution in [2.45, 2.75) is 32.7 Å². The summed E-state index contributed by atoms with van der Waals surface area (Å²) in [5.74, 6) is -0.233. The largest absolute Gasteiger partial charge is 0.450 e. The van der Waals surface area contributed by atoms with Crippen LogP contribution in [0.3, 0.4) is 0 Å². The average Bonchev–Trinajstić information content (AvgIpc) is 2.71. The maximum absolute atomic E-state index is 12.4. The molecule has 0 saturated carbocycles. The van der Waals surface area contributed by atoms with Crippen LogP contribution in [-0.2, 0) is 4.74 Å². The van der Waals surface area contributed by atoms with Crippen molar-refractivity contribution in [1.29, 1.82) is 0 Å². The van der Waals surface area contributed by atoms with E-state index in [0.29, 0.717) is 25.4 Å². The van der Waals surface area contributed by atoms with Gasteiger partial charge in [0.15, 0.2) is 0 Å². The number of anilines is 2. The number of aromatic nitrogens is 1. The number of likely N-dealkylation sites (tertiary alicyclic amines) is 1. The SMILES string of the molecule is CCOC(=O)N1CCC(Nc2ccc(C(=O)Nc3ccccc3C)nc2)CC1. The van der Waals surface area contributed by atoms with Crippen molar-refractivity contribution in [3.05, 3.63) is 53.9 Å². The van der Waals surface area contributed by atoms with E-state index in [4.69, 9.17) is 4.74 Å². The van der Waals surface area contributed by atoms with Crippen molar-refractivity contribution in [1.82, 2.24) is 9.88 Å². The molecule has 2 heterocycles. The van der Waals surface area contributed by atoms with Crippen molar-refractivity contribution in [2.75, 3.05) is 30.3 Å². The smallest absolute Gasteiger partial charge is 0.409 e.